The number of nitrogens with zero attached hydrogens (tertiary/aromatic N) is 4. The highest BCUT2D eigenvalue weighted by Crippen LogP contribution is 2.36. The average molecular weight is 556 g/mol. The number of halogens is 3. The van der Waals surface area contributed by atoms with E-state index in [0.717, 1.165) is 12.8 Å². The number of piperidine rings is 1. The van der Waals surface area contributed by atoms with Crippen LogP contribution in [-0.2, 0) is 12.6 Å². The first-order valence-corrected chi connectivity index (χ1v) is 12.5. The lowest BCUT2D eigenvalue weighted by atomic mass is 10.0. The van der Waals surface area contributed by atoms with Crippen LogP contribution >= 0.6 is 0 Å². The molecule has 40 heavy (non-hydrogen) atoms. The molecule has 1 fully saturated rings. The monoisotopic (exact) mass is 555 g/mol. The van der Waals surface area contributed by atoms with Crippen molar-refractivity contribution in [2.24, 2.45) is 5.92 Å². The van der Waals surface area contributed by atoms with Crippen molar-refractivity contribution in [3.63, 3.8) is 0 Å². The third-order valence-corrected chi connectivity index (χ3v) is 6.75. The summed E-state index contributed by atoms with van der Waals surface area (Å²) >= 11 is 0. The van der Waals surface area contributed by atoms with Crippen molar-refractivity contribution in [2.75, 3.05) is 23.3 Å². The number of Topliss-reactive ketones (excluding diaryl/α,β-unsaturated/α-hetero) is 1. The maximum Gasteiger partial charge on any atom is 0.437 e. The van der Waals surface area contributed by atoms with E-state index in [1.165, 1.54) is 35.0 Å². The number of oxazole rings is 1. The fraction of sp³-hybridized carbons (Fsp3) is 0.296. The van der Waals surface area contributed by atoms with Gasteiger partial charge in [-0.05, 0) is 48.6 Å². The Labute approximate surface area is 225 Å². The quantitative estimate of drug-likeness (QED) is 0.168. The van der Waals surface area contributed by atoms with Crippen molar-refractivity contribution in [3.8, 4) is 0 Å². The van der Waals surface area contributed by atoms with E-state index in [9.17, 15) is 32.9 Å². The molecule has 0 saturated carbocycles. The summed E-state index contributed by atoms with van der Waals surface area (Å²) in [6, 6.07) is 11.1. The zero-order valence-electron chi connectivity index (χ0n) is 21.3. The molecule has 2 aromatic carbocycles. The van der Waals surface area contributed by atoms with E-state index in [2.05, 4.69) is 10.3 Å². The van der Waals surface area contributed by atoms with Crippen molar-refractivity contribution >= 4 is 40.1 Å². The highest BCUT2D eigenvalue weighted by Gasteiger charge is 2.42. The minimum absolute atomic E-state index is 0.0208. The number of fused-ring (bicyclic) bond motifs is 1. The SMILES string of the molecule is CC1CCCN(c2nc(C(F)(F)F)c(C(=O)Cc3ccc4c(ccn4C(=O)Nc4ccccc4[N+](=O)[O-])c3)o2)C1. The van der Waals surface area contributed by atoms with Crippen LogP contribution in [-0.4, -0.2) is 39.4 Å². The number of nitro groups is 1. The summed E-state index contributed by atoms with van der Waals surface area (Å²) in [6.07, 6.45) is -2.06. The van der Waals surface area contributed by atoms with Crippen LogP contribution in [0.5, 0.6) is 0 Å². The second-order valence-electron chi connectivity index (χ2n) is 9.75. The van der Waals surface area contributed by atoms with Crippen molar-refractivity contribution in [3.05, 3.63) is 81.9 Å². The number of nitro benzene ring substituents is 1. The minimum Gasteiger partial charge on any atom is -0.420 e. The number of alkyl halides is 3. The Bertz CT molecular complexity index is 1610. The number of hydrogen-bond donors (Lipinski definition) is 1. The normalized spacial score (nSPS) is 15.8. The van der Waals surface area contributed by atoms with E-state index < -0.39 is 34.4 Å². The molecule has 208 valence electrons. The predicted octanol–water partition coefficient (Wildman–Crippen LogP) is 6.30. The van der Waals surface area contributed by atoms with Gasteiger partial charge in [-0.15, -0.1) is 0 Å². The van der Waals surface area contributed by atoms with Crippen molar-refractivity contribution in [1.82, 2.24) is 9.55 Å². The molecule has 1 amide bonds. The molecule has 1 aliphatic heterocycles. The van der Waals surface area contributed by atoms with Gasteiger partial charge in [-0.1, -0.05) is 25.1 Å². The number of rotatable bonds is 6. The molecule has 10 nitrogen and oxygen atoms in total. The molecule has 0 aliphatic carbocycles. The van der Waals surface area contributed by atoms with E-state index in [0.29, 0.717) is 29.6 Å². The Balaban J connectivity index is 1.37. The third kappa shape index (κ3) is 5.40. The van der Waals surface area contributed by atoms with E-state index >= 15 is 0 Å². The summed E-state index contributed by atoms with van der Waals surface area (Å²) in [7, 11) is 0. The summed E-state index contributed by atoms with van der Waals surface area (Å²) in [4.78, 5) is 41.8. The molecular weight excluding hydrogens is 531 g/mol. The lowest BCUT2D eigenvalue weighted by Gasteiger charge is -2.29. The van der Waals surface area contributed by atoms with Crippen LogP contribution in [0, 0.1) is 16.0 Å². The first kappa shape index (κ1) is 26.9. The lowest BCUT2D eigenvalue weighted by molar-refractivity contribution is -0.383. The van der Waals surface area contributed by atoms with Crippen molar-refractivity contribution in [1.29, 1.82) is 0 Å². The maximum atomic E-state index is 13.7. The fourth-order valence-electron chi connectivity index (χ4n) is 4.85. The number of amides is 1. The van der Waals surface area contributed by atoms with Gasteiger partial charge in [0.15, 0.2) is 5.69 Å². The molecule has 0 radical (unpaired) electrons. The molecule has 1 N–H and O–H groups in total. The molecule has 0 spiro atoms. The van der Waals surface area contributed by atoms with Crippen LogP contribution in [0.4, 0.5) is 35.4 Å². The summed E-state index contributed by atoms with van der Waals surface area (Å²) in [5.74, 6) is -1.44. The number of anilines is 2. The fourth-order valence-corrected chi connectivity index (χ4v) is 4.85. The van der Waals surface area contributed by atoms with Crippen LogP contribution in [0.25, 0.3) is 10.9 Å². The van der Waals surface area contributed by atoms with Gasteiger partial charge < -0.3 is 14.6 Å². The first-order chi connectivity index (χ1) is 19.0. The van der Waals surface area contributed by atoms with E-state index in [1.807, 2.05) is 6.92 Å². The average Bonchev–Trinajstić information content (AvgIpc) is 3.54. The van der Waals surface area contributed by atoms with E-state index in [-0.39, 0.29) is 29.7 Å². The van der Waals surface area contributed by atoms with Gasteiger partial charge in [0.05, 0.1) is 10.4 Å². The number of ketones is 1. The van der Waals surface area contributed by atoms with Gasteiger partial charge in [-0.2, -0.15) is 18.2 Å². The number of para-hydroxylation sites is 2. The van der Waals surface area contributed by atoms with Gasteiger partial charge >= 0.3 is 12.2 Å². The summed E-state index contributed by atoms with van der Waals surface area (Å²) in [5, 5.41) is 14.3. The Kier molecular flexibility index (Phi) is 7.04. The highest BCUT2D eigenvalue weighted by atomic mass is 19.4. The van der Waals surface area contributed by atoms with Crippen LogP contribution < -0.4 is 10.2 Å². The van der Waals surface area contributed by atoms with Gasteiger partial charge in [0.25, 0.3) is 11.7 Å². The van der Waals surface area contributed by atoms with Crippen LogP contribution in [0.15, 0.2) is 59.1 Å². The molecule has 1 saturated heterocycles. The predicted molar refractivity (Wildman–Crippen MR) is 140 cm³/mol. The standard InChI is InChI=1S/C27H24F3N5O5/c1-16-5-4-11-33(15-16)26-32-24(27(28,29)30)23(40-26)22(36)14-17-8-9-20-18(13-17)10-12-34(20)25(37)31-19-6-2-3-7-21(19)35(38)39/h2-3,6-10,12-13,16H,4-5,11,14-15H2,1H3,(H,31,37). The van der Waals surface area contributed by atoms with Gasteiger partial charge in [0.1, 0.15) is 5.69 Å². The molecule has 13 heteroatoms. The second kappa shape index (κ2) is 10.5. The molecule has 5 rings (SSSR count). The number of carbonyl (C=O) groups is 2. The first-order valence-electron chi connectivity index (χ1n) is 12.5. The van der Waals surface area contributed by atoms with Gasteiger partial charge in [-0.25, -0.2) is 4.79 Å². The number of benzene rings is 2. The topological polar surface area (TPSA) is 124 Å². The van der Waals surface area contributed by atoms with E-state index in [1.54, 1.807) is 29.2 Å². The molecule has 4 aromatic rings. The summed E-state index contributed by atoms with van der Waals surface area (Å²) in [6.45, 7) is 2.98. The maximum absolute atomic E-state index is 13.7. The Morgan fingerprint density at radius 1 is 1.20 bits per heavy atom. The van der Waals surface area contributed by atoms with Gasteiger partial charge in [0.2, 0.25) is 11.5 Å². The molecule has 1 unspecified atom stereocenters. The van der Waals surface area contributed by atoms with Crippen LogP contribution in [0.3, 0.4) is 0 Å². The molecule has 0 bridgehead atoms. The highest BCUT2D eigenvalue weighted by molar-refractivity contribution is 6.00. The molecular formula is C27H24F3N5O5. The zero-order valence-corrected chi connectivity index (χ0v) is 21.3. The van der Waals surface area contributed by atoms with Gasteiger partial charge in [-0.3, -0.25) is 19.5 Å². The van der Waals surface area contributed by atoms with Crippen molar-refractivity contribution in [2.45, 2.75) is 32.4 Å². The summed E-state index contributed by atoms with van der Waals surface area (Å²) in [5.41, 5.74) is -0.745. The largest absolute Gasteiger partial charge is 0.437 e. The number of aromatic nitrogens is 2. The number of carbonyl (C=O) groups excluding carboxylic acids is 2. The minimum atomic E-state index is -4.86. The second-order valence-corrected chi connectivity index (χ2v) is 9.75. The lowest BCUT2D eigenvalue weighted by Crippen LogP contribution is -2.34. The molecule has 3 heterocycles. The Morgan fingerprint density at radius 3 is 2.70 bits per heavy atom. The Hall–Kier alpha value is -4.68. The van der Waals surface area contributed by atoms with Crippen molar-refractivity contribution < 1.29 is 32.1 Å². The zero-order chi connectivity index (χ0) is 28.6. The molecule has 1 aliphatic rings. The Morgan fingerprint density at radius 2 is 1.98 bits per heavy atom. The number of hydrogen-bond acceptors (Lipinski definition) is 7. The third-order valence-electron chi connectivity index (χ3n) is 6.75. The van der Waals surface area contributed by atoms with Crippen LogP contribution in [0.2, 0.25) is 0 Å². The number of nitrogens with one attached hydrogen (secondary N) is 1. The summed E-state index contributed by atoms with van der Waals surface area (Å²) < 4.78 is 47.9. The van der Waals surface area contributed by atoms with Gasteiger partial charge in [0, 0.05) is 37.2 Å². The smallest absolute Gasteiger partial charge is 0.420 e. The molecule has 2 aromatic heterocycles. The molecule has 1 atom stereocenters. The van der Waals surface area contributed by atoms with E-state index in [4.69, 9.17) is 4.42 Å². The van der Waals surface area contributed by atoms with Crippen LogP contribution in [0.1, 0.15) is 41.6 Å².